The van der Waals surface area contributed by atoms with Crippen LogP contribution in [0, 0.1) is 0 Å². The zero-order valence-electron chi connectivity index (χ0n) is 11.4. The van der Waals surface area contributed by atoms with Crippen molar-refractivity contribution >= 4 is 11.7 Å². The van der Waals surface area contributed by atoms with Gasteiger partial charge in [-0.1, -0.05) is 12.1 Å². The summed E-state index contributed by atoms with van der Waals surface area (Å²) in [5, 5.41) is 12.0. The van der Waals surface area contributed by atoms with Crippen LogP contribution in [-0.4, -0.2) is 21.2 Å². The van der Waals surface area contributed by atoms with Crippen LogP contribution in [0.4, 0.5) is 10.5 Å². The van der Waals surface area contributed by atoms with E-state index in [-0.39, 0.29) is 18.1 Å². The summed E-state index contributed by atoms with van der Waals surface area (Å²) in [6.07, 6.45) is 1.40. The monoisotopic (exact) mass is 274 g/mol. The molecule has 2 atom stereocenters. The number of aromatic amines is 1. The number of H-pyrrole nitrogens is 1. The van der Waals surface area contributed by atoms with Crippen molar-refractivity contribution < 1.29 is 4.79 Å². The first-order valence-electron chi connectivity index (χ1n) is 6.34. The first-order chi connectivity index (χ1) is 9.56. The molecule has 0 aliphatic carbocycles. The number of anilines is 1. The third-order valence-corrected chi connectivity index (χ3v) is 2.89. The Morgan fingerprint density at radius 1 is 1.30 bits per heavy atom. The molecule has 2 rings (SSSR count). The normalized spacial score (nSPS) is 13.6. The molecule has 0 aliphatic heterocycles. The third kappa shape index (κ3) is 3.55. The number of urea groups is 1. The highest BCUT2D eigenvalue weighted by molar-refractivity contribution is 5.89. The fourth-order valence-corrected chi connectivity index (χ4v) is 1.73. The Bertz CT molecular complexity index is 549. The minimum atomic E-state index is -0.303. The van der Waals surface area contributed by atoms with Crippen LogP contribution in [0.1, 0.15) is 37.3 Å². The second-order valence-electron chi connectivity index (χ2n) is 4.60. The van der Waals surface area contributed by atoms with Crippen LogP contribution in [0.5, 0.6) is 0 Å². The number of nitrogens with zero attached hydrogens (tertiary/aromatic N) is 2. The standard InChI is InChI=1S/C13H18N6O/c1-8(14)10-3-5-11(6-4-10)18-13(20)17-9(2)12-15-7-16-19-12/h3-9H,14H2,1-2H3,(H,15,16,19)(H2,17,18,20). The van der Waals surface area contributed by atoms with Gasteiger partial charge in [-0.25, -0.2) is 9.78 Å². The molecule has 0 radical (unpaired) electrons. The summed E-state index contributed by atoms with van der Waals surface area (Å²) >= 11 is 0. The summed E-state index contributed by atoms with van der Waals surface area (Å²) in [6, 6.07) is 6.84. The topological polar surface area (TPSA) is 109 Å². The summed E-state index contributed by atoms with van der Waals surface area (Å²) in [6.45, 7) is 3.73. The van der Waals surface area contributed by atoms with Crippen LogP contribution in [0.15, 0.2) is 30.6 Å². The molecule has 2 aromatic rings. The molecule has 0 aliphatic rings. The number of hydrogen-bond donors (Lipinski definition) is 4. The van der Waals surface area contributed by atoms with Crippen molar-refractivity contribution in [3.63, 3.8) is 0 Å². The summed E-state index contributed by atoms with van der Waals surface area (Å²) in [5.74, 6) is 0.604. The molecule has 1 aromatic carbocycles. The fourth-order valence-electron chi connectivity index (χ4n) is 1.73. The van der Waals surface area contributed by atoms with Gasteiger partial charge in [-0.2, -0.15) is 5.10 Å². The molecule has 2 amide bonds. The molecule has 0 saturated carbocycles. The van der Waals surface area contributed by atoms with Crippen molar-refractivity contribution in [2.75, 3.05) is 5.32 Å². The van der Waals surface area contributed by atoms with E-state index in [0.717, 1.165) is 5.56 Å². The van der Waals surface area contributed by atoms with Crippen molar-refractivity contribution in [2.45, 2.75) is 25.9 Å². The van der Waals surface area contributed by atoms with Crippen LogP contribution >= 0.6 is 0 Å². The number of carbonyl (C=O) groups is 1. The van der Waals surface area contributed by atoms with E-state index < -0.39 is 0 Å². The van der Waals surface area contributed by atoms with Crippen molar-refractivity contribution in [1.82, 2.24) is 20.5 Å². The van der Waals surface area contributed by atoms with E-state index in [1.165, 1.54) is 6.33 Å². The first-order valence-corrected chi connectivity index (χ1v) is 6.34. The fraction of sp³-hybridized carbons (Fsp3) is 0.308. The first kappa shape index (κ1) is 14.0. The van der Waals surface area contributed by atoms with Crippen molar-refractivity contribution in [3.05, 3.63) is 42.0 Å². The molecule has 0 bridgehead atoms. The van der Waals surface area contributed by atoms with Crippen molar-refractivity contribution in [1.29, 1.82) is 0 Å². The lowest BCUT2D eigenvalue weighted by Gasteiger charge is -2.13. The summed E-state index contributed by atoms with van der Waals surface area (Å²) < 4.78 is 0. The Balaban J connectivity index is 1.91. The lowest BCUT2D eigenvalue weighted by molar-refractivity contribution is 0.249. The number of nitrogens with two attached hydrogens (primary N) is 1. The predicted octanol–water partition coefficient (Wildman–Crippen LogP) is 1.71. The Morgan fingerprint density at radius 2 is 2.00 bits per heavy atom. The zero-order valence-corrected chi connectivity index (χ0v) is 11.4. The number of carbonyl (C=O) groups excluding carboxylic acids is 1. The van der Waals surface area contributed by atoms with Gasteiger partial charge >= 0.3 is 6.03 Å². The maximum absolute atomic E-state index is 11.8. The van der Waals surface area contributed by atoms with Crippen LogP contribution < -0.4 is 16.4 Å². The van der Waals surface area contributed by atoms with Crippen molar-refractivity contribution in [2.24, 2.45) is 5.73 Å². The van der Waals surface area contributed by atoms with Gasteiger partial charge in [0.05, 0.1) is 6.04 Å². The largest absolute Gasteiger partial charge is 0.328 e. The number of aromatic nitrogens is 3. The number of hydrogen-bond acceptors (Lipinski definition) is 4. The SMILES string of the molecule is CC(N)c1ccc(NC(=O)NC(C)c2ncn[nH]2)cc1. The molecule has 20 heavy (non-hydrogen) atoms. The van der Waals surface area contributed by atoms with Gasteiger partial charge in [-0.15, -0.1) is 0 Å². The van der Waals surface area contributed by atoms with Crippen LogP contribution in [-0.2, 0) is 0 Å². The molecule has 7 heteroatoms. The highest BCUT2D eigenvalue weighted by atomic mass is 16.2. The molecular weight excluding hydrogens is 256 g/mol. The second kappa shape index (κ2) is 6.16. The van der Waals surface area contributed by atoms with Gasteiger partial charge in [0.1, 0.15) is 12.2 Å². The Morgan fingerprint density at radius 3 is 2.55 bits per heavy atom. The predicted molar refractivity (Wildman–Crippen MR) is 76.0 cm³/mol. The van der Waals surface area contributed by atoms with Gasteiger partial charge < -0.3 is 16.4 Å². The van der Waals surface area contributed by atoms with Crippen molar-refractivity contribution in [3.8, 4) is 0 Å². The summed E-state index contributed by atoms with van der Waals surface area (Å²) in [5.41, 5.74) is 7.49. The highest BCUT2D eigenvalue weighted by Crippen LogP contribution is 2.14. The maximum atomic E-state index is 11.8. The van der Waals surface area contributed by atoms with Gasteiger partial charge in [0.15, 0.2) is 0 Å². The second-order valence-corrected chi connectivity index (χ2v) is 4.60. The number of nitrogens with one attached hydrogen (secondary N) is 3. The number of rotatable bonds is 4. The molecule has 0 spiro atoms. The Hall–Kier alpha value is -2.41. The van der Waals surface area contributed by atoms with E-state index >= 15 is 0 Å². The van der Waals surface area contributed by atoms with Gasteiger partial charge in [-0.05, 0) is 31.5 Å². The molecule has 5 N–H and O–H groups in total. The quantitative estimate of drug-likeness (QED) is 0.680. The van der Waals surface area contributed by atoms with Gasteiger partial charge in [0, 0.05) is 11.7 Å². The Kier molecular flexibility index (Phi) is 4.31. The molecule has 0 fully saturated rings. The molecular formula is C13H18N6O. The molecule has 1 aromatic heterocycles. The molecule has 106 valence electrons. The average molecular weight is 274 g/mol. The molecule has 0 saturated heterocycles. The van der Waals surface area contributed by atoms with Gasteiger partial charge in [0.25, 0.3) is 0 Å². The van der Waals surface area contributed by atoms with E-state index in [1.807, 2.05) is 38.1 Å². The summed E-state index contributed by atoms with van der Waals surface area (Å²) in [4.78, 5) is 15.8. The lowest BCUT2D eigenvalue weighted by atomic mass is 10.1. The van der Waals surface area contributed by atoms with E-state index in [4.69, 9.17) is 5.73 Å². The molecule has 1 heterocycles. The Labute approximate surface area is 117 Å². The van der Waals surface area contributed by atoms with E-state index in [0.29, 0.717) is 11.5 Å². The van der Waals surface area contributed by atoms with Crippen LogP contribution in [0.25, 0.3) is 0 Å². The molecule has 7 nitrogen and oxygen atoms in total. The van der Waals surface area contributed by atoms with E-state index in [9.17, 15) is 4.79 Å². The third-order valence-electron chi connectivity index (χ3n) is 2.89. The van der Waals surface area contributed by atoms with E-state index in [1.54, 1.807) is 0 Å². The van der Waals surface area contributed by atoms with Crippen LogP contribution in [0.3, 0.4) is 0 Å². The number of amides is 2. The van der Waals surface area contributed by atoms with Gasteiger partial charge in [-0.3, -0.25) is 5.10 Å². The van der Waals surface area contributed by atoms with E-state index in [2.05, 4.69) is 25.8 Å². The smallest absolute Gasteiger partial charge is 0.319 e. The van der Waals surface area contributed by atoms with Crippen LogP contribution in [0.2, 0.25) is 0 Å². The highest BCUT2D eigenvalue weighted by Gasteiger charge is 2.11. The molecule has 2 unspecified atom stereocenters. The summed E-state index contributed by atoms with van der Waals surface area (Å²) in [7, 11) is 0. The minimum absolute atomic E-state index is 0.0237. The maximum Gasteiger partial charge on any atom is 0.319 e. The lowest BCUT2D eigenvalue weighted by Crippen LogP contribution is -2.31. The number of benzene rings is 1. The zero-order chi connectivity index (χ0) is 14.5. The van der Waals surface area contributed by atoms with Gasteiger partial charge in [0.2, 0.25) is 0 Å². The average Bonchev–Trinajstić information content (AvgIpc) is 2.93. The minimum Gasteiger partial charge on any atom is -0.328 e.